The number of aromatic nitrogens is 2. The molecule has 84 valence electrons. The van der Waals surface area contributed by atoms with E-state index < -0.39 is 0 Å². The van der Waals surface area contributed by atoms with Gasteiger partial charge in [0.05, 0.1) is 12.6 Å². The number of anilines is 2. The molecule has 0 aliphatic heterocycles. The number of nitrogens with zero attached hydrogens (tertiary/aromatic N) is 2. The lowest BCUT2D eigenvalue weighted by Gasteiger charge is -2.20. The van der Waals surface area contributed by atoms with Gasteiger partial charge in [0.2, 0.25) is 0 Å². The fraction of sp³-hybridized carbons (Fsp3) is 0.600. The van der Waals surface area contributed by atoms with Crippen LogP contribution in [0, 0.1) is 5.92 Å². The Hall–Kier alpha value is -1.36. The van der Waals surface area contributed by atoms with Gasteiger partial charge in [0, 0.05) is 13.1 Å². The normalized spacial score (nSPS) is 12.6. The first-order chi connectivity index (χ1) is 7.17. The molecule has 0 spiro atoms. The molecule has 1 aromatic rings. The number of aliphatic hydroxyl groups is 1. The van der Waals surface area contributed by atoms with Gasteiger partial charge >= 0.3 is 0 Å². The molecule has 1 atom stereocenters. The highest BCUT2D eigenvalue weighted by atomic mass is 16.3. The van der Waals surface area contributed by atoms with Crippen molar-refractivity contribution in [3.63, 3.8) is 0 Å². The third kappa shape index (κ3) is 3.36. The summed E-state index contributed by atoms with van der Waals surface area (Å²) in [6.45, 7) is 4.19. The lowest BCUT2D eigenvalue weighted by atomic mass is 10.1. The van der Waals surface area contributed by atoms with Crippen molar-refractivity contribution in [2.45, 2.75) is 19.9 Å². The van der Waals surface area contributed by atoms with Crippen molar-refractivity contribution < 1.29 is 5.11 Å². The predicted octanol–water partition coefficient (Wildman–Crippen LogP) is 0.947. The monoisotopic (exact) mass is 210 g/mol. The molecule has 0 aromatic carbocycles. The van der Waals surface area contributed by atoms with Crippen LogP contribution in [-0.4, -0.2) is 34.8 Å². The molecule has 1 rings (SSSR count). The Bertz CT molecular complexity index is 303. The first kappa shape index (κ1) is 11.7. The van der Waals surface area contributed by atoms with Gasteiger partial charge in [-0.3, -0.25) is 0 Å². The second-order valence-corrected chi connectivity index (χ2v) is 3.72. The molecule has 0 aliphatic rings. The van der Waals surface area contributed by atoms with Crippen LogP contribution in [0.25, 0.3) is 0 Å². The third-order valence-corrected chi connectivity index (χ3v) is 2.26. The molecule has 1 heterocycles. The molecule has 0 saturated heterocycles. The smallest absolute Gasteiger partial charge is 0.131 e. The second kappa shape index (κ2) is 5.50. The van der Waals surface area contributed by atoms with Gasteiger partial charge in [-0.15, -0.1) is 0 Å². The maximum absolute atomic E-state index is 9.16. The van der Waals surface area contributed by atoms with Crippen molar-refractivity contribution in [1.29, 1.82) is 0 Å². The standard InChI is InChI=1S/C10H18N4O/c1-7(2)8(5-15)14-10-4-9(11-3)12-6-13-10/h4,6-8,15H,5H2,1-3H3,(H2,11,12,13,14). The summed E-state index contributed by atoms with van der Waals surface area (Å²) in [4.78, 5) is 8.10. The minimum absolute atomic E-state index is 0.0182. The van der Waals surface area contributed by atoms with E-state index in [9.17, 15) is 0 Å². The van der Waals surface area contributed by atoms with Gasteiger partial charge in [-0.1, -0.05) is 13.8 Å². The molecule has 0 fully saturated rings. The summed E-state index contributed by atoms with van der Waals surface area (Å²) < 4.78 is 0. The summed E-state index contributed by atoms with van der Waals surface area (Å²) in [5.74, 6) is 1.83. The van der Waals surface area contributed by atoms with Crippen LogP contribution < -0.4 is 10.6 Å². The number of hydrogen-bond acceptors (Lipinski definition) is 5. The van der Waals surface area contributed by atoms with E-state index in [1.165, 1.54) is 6.33 Å². The van der Waals surface area contributed by atoms with Gasteiger partial charge < -0.3 is 15.7 Å². The Labute approximate surface area is 90.0 Å². The molecule has 0 saturated carbocycles. The SMILES string of the molecule is CNc1cc(NC(CO)C(C)C)ncn1. The molecular weight excluding hydrogens is 192 g/mol. The summed E-state index contributed by atoms with van der Waals surface area (Å²) in [5, 5.41) is 15.3. The number of aliphatic hydroxyl groups excluding tert-OH is 1. The van der Waals surface area contributed by atoms with E-state index in [0.29, 0.717) is 5.92 Å². The van der Waals surface area contributed by atoms with E-state index in [2.05, 4.69) is 20.6 Å². The fourth-order valence-corrected chi connectivity index (χ4v) is 1.19. The molecule has 5 nitrogen and oxygen atoms in total. The van der Waals surface area contributed by atoms with E-state index in [0.717, 1.165) is 11.6 Å². The summed E-state index contributed by atoms with van der Waals surface area (Å²) in [6, 6.07) is 1.83. The summed E-state index contributed by atoms with van der Waals surface area (Å²) in [7, 11) is 1.80. The molecule has 3 N–H and O–H groups in total. The van der Waals surface area contributed by atoms with Gasteiger partial charge in [0.1, 0.15) is 18.0 Å². The molecule has 0 amide bonds. The molecular formula is C10H18N4O. The average Bonchev–Trinajstić information content (AvgIpc) is 2.25. The van der Waals surface area contributed by atoms with Crippen molar-refractivity contribution in [1.82, 2.24) is 9.97 Å². The lowest BCUT2D eigenvalue weighted by molar-refractivity contribution is 0.249. The van der Waals surface area contributed by atoms with Crippen molar-refractivity contribution >= 4 is 11.6 Å². The molecule has 5 heteroatoms. The lowest BCUT2D eigenvalue weighted by Crippen LogP contribution is -2.29. The zero-order chi connectivity index (χ0) is 11.3. The zero-order valence-corrected chi connectivity index (χ0v) is 9.36. The zero-order valence-electron chi connectivity index (χ0n) is 9.36. The minimum Gasteiger partial charge on any atom is -0.394 e. The molecule has 0 bridgehead atoms. The van der Waals surface area contributed by atoms with Crippen molar-refractivity contribution in [3.8, 4) is 0 Å². The van der Waals surface area contributed by atoms with E-state index in [1.807, 2.05) is 19.9 Å². The van der Waals surface area contributed by atoms with Crippen molar-refractivity contribution in [2.24, 2.45) is 5.92 Å². The summed E-state index contributed by atoms with van der Waals surface area (Å²) in [5.41, 5.74) is 0. The molecule has 1 unspecified atom stereocenters. The Kier molecular flexibility index (Phi) is 4.30. The van der Waals surface area contributed by atoms with Crippen LogP contribution in [0.2, 0.25) is 0 Å². The Balaban J connectivity index is 2.70. The first-order valence-corrected chi connectivity index (χ1v) is 5.04. The van der Waals surface area contributed by atoms with Crippen molar-refractivity contribution in [3.05, 3.63) is 12.4 Å². The number of hydrogen-bond donors (Lipinski definition) is 3. The van der Waals surface area contributed by atoms with E-state index >= 15 is 0 Å². The predicted molar refractivity (Wildman–Crippen MR) is 60.9 cm³/mol. The third-order valence-electron chi connectivity index (χ3n) is 2.26. The second-order valence-electron chi connectivity index (χ2n) is 3.72. The van der Waals surface area contributed by atoms with Crippen LogP contribution in [0.1, 0.15) is 13.8 Å². The van der Waals surface area contributed by atoms with Gasteiger partial charge in [-0.05, 0) is 5.92 Å². The molecule has 0 radical (unpaired) electrons. The quantitative estimate of drug-likeness (QED) is 0.675. The number of nitrogens with one attached hydrogen (secondary N) is 2. The van der Waals surface area contributed by atoms with Crippen LogP contribution in [0.3, 0.4) is 0 Å². The van der Waals surface area contributed by atoms with Gasteiger partial charge in [0.25, 0.3) is 0 Å². The Morgan fingerprint density at radius 2 is 2.00 bits per heavy atom. The maximum Gasteiger partial charge on any atom is 0.131 e. The highest BCUT2D eigenvalue weighted by Crippen LogP contribution is 2.12. The fourth-order valence-electron chi connectivity index (χ4n) is 1.19. The molecule has 0 aliphatic carbocycles. The first-order valence-electron chi connectivity index (χ1n) is 5.04. The van der Waals surface area contributed by atoms with E-state index in [4.69, 9.17) is 5.11 Å². The van der Waals surface area contributed by atoms with Gasteiger partial charge in [0.15, 0.2) is 0 Å². The van der Waals surface area contributed by atoms with Crippen LogP contribution in [0.5, 0.6) is 0 Å². The van der Waals surface area contributed by atoms with E-state index in [1.54, 1.807) is 7.05 Å². The van der Waals surface area contributed by atoms with Crippen LogP contribution in [0.15, 0.2) is 12.4 Å². The minimum atomic E-state index is 0.0182. The summed E-state index contributed by atoms with van der Waals surface area (Å²) in [6.07, 6.45) is 1.49. The van der Waals surface area contributed by atoms with Crippen molar-refractivity contribution in [2.75, 3.05) is 24.3 Å². The topological polar surface area (TPSA) is 70.1 Å². The van der Waals surface area contributed by atoms with Crippen LogP contribution in [-0.2, 0) is 0 Å². The highest BCUT2D eigenvalue weighted by molar-refractivity contribution is 5.46. The van der Waals surface area contributed by atoms with Crippen LogP contribution >= 0.6 is 0 Å². The van der Waals surface area contributed by atoms with Gasteiger partial charge in [-0.2, -0.15) is 0 Å². The van der Waals surface area contributed by atoms with E-state index in [-0.39, 0.29) is 12.6 Å². The largest absolute Gasteiger partial charge is 0.394 e. The highest BCUT2D eigenvalue weighted by Gasteiger charge is 2.12. The van der Waals surface area contributed by atoms with Gasteiger partial charge in [-0.25, -0.2) is 9.97 Å². The maximum atomic E-state index is 9.16. The molecule has 1 aromatic heterocycles. The summed E-state index contributed by atoms with van der Waals surface area (Å²) >= 11 is 0. The van der Waals surface area contributed by atoms with Crippen LogP contribution in [0.4, 0.5) is 11.6 Å². The number of rotatable bonds is 5. The Morgan fingerprint density at radius 3 is 2.53 bits per heavy atom. The molecule has 15 heavy (non-hydrogen) atoms. The Morgan fingerprint density at radius 1 is 1.33 bits per heavy atom. The average molecular weight is 210 g/mol.